The summed E-state index contributed by atoms with van der Waals surface area (Å²) in [7, 11) is 0. The summed E-state index contributed by atoms with van der Waals surface area (Å²) >= 11 is 0. The van der Waals surface area contributed by atoms with Crippen LogP contribution in [0.15, 0.2) is 115 Å². The molecule has 8 heteroatoms. The number of benzene rings is 4. The Bertz CT molecular complexity index is 1500. The number of carbonyl (C=O) groups excluding carboxylic acids is 2. The fourth-order valence-electron chi connectivity index (χ4n) is 5.41. The highest BCUT2D eigenvalue weighted by atomic mass is 16.7. The quantitative estimate of drug-likeness (QED) is 0.222. The van der Waals surface area contributed by atoms with Crippen LogP contribution in [0.4, 0.5) is 17.1 Å². The Morgan fingerprint density at radius 2 is 1.35 bits per heavy atom. The molecule has 2 aliphatic heterocycles. The molecule has 2 amide bonds. The molecular weight excluding hydrogens is 470 g/mol. The molecule has 2 heterocycles. The molecule has 37 heavy (non-hydrogen) atoms. The second-order valence-electron chi connectivity index (χ2n) is 8.95. The minimum Gasteiger partial charge on any atom is -0.273 e. The fourth-order valence-corrected chi connectivity index (χ4v) is 5.41. The molecule has 4 aromatic rings. The van der Waals surface area contributed by atoms with Crippen LogP contribution in [0.1, 0.15) is 17.2 Å². The van der Waals surface area contributed by atoms with Crippen LogP contribution in [0.5, 0.6) is 0 Å². The van der Waals surface area contributed by atoms with Crippen molar-refractivity contribution in [3.63, 3.8) is 0 Å². The summed E-state index contributed by atoms with van der Waals surface area (Å²) < 4.78 is 0. The van der Waals surface area contributed by atoms with E-state index >= 15 is 0 Å². The minimum absolute atomic E-state index is 0.135. The maximum absolute atomic E-state index is 14.6. The number of nitro groups is 1. The molecule has 0 aromatic heterocycles. The fraction of sp³-hybridized carbons (Fsp3) is 0.103. The standard InChI is InChI=1S/C29H21N3O5/c33-27-26-29(21-13-6-2-7-14-21,28(34)30(27)23-17-10-18-24(19-23)32(35)36)25(20-11-4-1-5-12-20)31(37-26)22-15-8-3-9-16-22/h1-19,25-26H. The van der Waals surface area contributed by atoms with Crippen LogP contribution in [0.2, 0.25) is 0 Å². The average molecular weight is 492 g/mol. The zero-order valence-electron chi connectivity index (χ0n) is 19.5. The normalized spacial score (nSPS) is 22.8. The zero-order chi connectivity index (χ0) is 25.6. The highest BCUT2D eigenvalue weighted by molar-refractivity contribution is 6.28. The summed E-state index contributed by atoms with van der Waals surface area (Å²) in [4.78, 5) is 46.9. The van der Waals surface area contributed by atoms with Gasteiger partial charge in [-0.25, -0.2) is 9.96 Å². The van der Waals surface area contributed by atoms with Crippen molar-refractivity contribution >= 4 is 28.9 Å². The third-order valence-corrected chi connectivity index (χ3v) is 6.98. The maximum atomic E-state index is 14.6. The van der Waals surface area contributed by atoms with E-state index < -0.39 is 34.3 Å². The molecule has 0 radical (unpaired) electrons. The van der Waals surface area contributed by atoms with Crippen LogP contribution in [0, 0.1) is 10.1 Å². The molecule has 0 spiro atoms. The van der Waals surface area contributed by atoms with Gasteiger partial charge in [-0.1, -0.05) is 84.9 Å². The van der Waals surface area contributed by atoms with E-state index in [2.05, 4.69) is 0 Å². The van der Waals surface area contributed by atoms with Gasteiger partial charge in [0.15, 0.2) is 6.10 Å². The van der Waals surface area contributed by atoms with Gasteiger partial charge in [0.25, 0.3) is 11.6 Å². The van der Waals surface area contributed by atoms with Crippen LogP contribution < -0.4 is 9.96 Å². The number of imide groups is 1. The van der Waals surface area contributed by atoms with E-state index in [1.54, 1.807) is 5.06 Å². The molecule has 2 aliphatic rings. The molecule has 2 saturated heterocycles. The van der Waals surface area contributed by atoms with Crippen molar-refractivity contribution < 1.29 is 19.3 Å². The van der Waals surface area contributed by atoms with Gasteiger partial charge in [0.05, 0.1) is 16.3 Å². The maximum Gasteiger partial charge on any atom is 0.271 e. The second kappa shape index (κ2) is 8.69. The Morgan fingerprint density at radius 3 is 2.00 bits per heavy atom. The number of para-hydroxylation sites is 1. The predicted molar refractivity (Wildman–Crippen MR) is 137 cm³/mol. The zero-order valence-corrected chi connectivity index (χ0v) is 19.5. The second-order valence-corrected chi connectivity index (χ2v) is 8.95. The Balaban J connectivity index is 1.60. The minimum atomic E-state index is -1.44. The van der Waals surface area contributed by atoms with E-state index in [1.807, 2.05) is 91.0 Å². The SMILES string of the molecule is O=C1C2ON(c3ccccc3)C(c3ccccc3)C2(c2ccccc2)C(=O)N1c1cccc([N+](=O)[O-])c1. The summed E-state index contributed by atoms with van der Waals surface area (Å²) in [6.45, 7) is 0. The van der Waals surface area contributed by atoms with Crippen molar-refractivity contribution in [1.29, 1.82) is 0 Å². The van der Waals surface area contributed by atoms with Gasteiger partial charge in [-0.05, 0) is 29.3 Å². The third-order valence-electron chi connectivity index (χ3n) is 6.98. The molecular formula is C29H21N3O5. The van der Waals surface area contributed by atoms with Gasteiger partial charge in [-0.2, -0.15) is 0 Å². The van der Waals surface area contributed by atoms with E-state index in [-0.39, 0.29) is 11.4 Å². The predicted octanol–water partition coefficient (Wildman–Crippen LogP) is 4.97. The van der Waals surface area contributed by atoms with Crippen LogP contribution in [0.25, 0.3) is 0 Å². The largest absolute Gasteiger partial charge is 0.273 e. The van der Waals surface area contributed by atoms with Crippen molar-refractivity contribution in [2.45, 2.75) is 17.6 Å². The molecule has 3 unspecified atom stereocenters. The number of carbonyl (C=O) groups is 2. The summed E-state index contributed by atoms with van der Waals surface area (Å²) in [5, 5.41) is 13.1. The topological polar surface area (TPSA) is 93.0 Å². The Labute approximate surface area is 212 Å². The van der Waals surface area contributed by atoms with E-state index in [4.69, 9.17) is 4.84 Å². The first-order valence-electron chi connectivity index (χ1n) is 11.8. The van der Waals surface area contributed by atoms with Gasteiger partial charge >= 0.3 is 0 Å². The molecule has 2 fully saturated rings. The highest BCUT2D eigenvalue weighted by Crippen LogP contribution is 2.57. The van der Waals surface area contributed by atoms with Crippen molar-refractivity contribution in [2.24, 2.45) is 0 Å². The summed E-state index contributed by atoms with van der Waals surface area (Å²) in [5.41, 5.74) is 0.591. The average Bonchev–Trinajstić information content (AvgIpc) is 3.41. The van der Waals surface area contributed by atoms with Gasteiger partial charge in [-0.15, -0.1) is 0 Å². The Hall–Kier alpha value is -4.82. The van der Waals surface area contributed by atoms with Gasteiger partial charge in [0.2, 0.25) is 5.91 Å². The molecule has 4 aromatic carbocycles. The van der Waals surface area contributed by atoms with Crippen molar-refractivity contribution in [2.75, 3.05) is 9.96 Å². The van der Waals surface area contributed by atoms with Crippen LogP contribution in [0.3, 0.4) is 0 Å². The number of amides is 2. The number of hydrogen-bond donors (Lipinski definition) is 0. The van der Waals surface area contributed by atoms with E-state index in [9.17, 15) is 19.7 Å². The first-order chi connectivity index (χ1) is 18.0. The number of rotatable bonds is 5. The lowest BCUT2D eigenvalue weighted by Gasteiger charge is -2.35. The first-order valence-corrected chi connectivity index (χ1v) is 11.8. The first kappa shape index (κ1) is 22.6. The van der Waals surface area contributed by atoms with E-state index in [0.717, 1.165) is 10.5 Å². The Kier molecular flexibility index (Phi) is 5.31. The van der Waals surface area contributed by atoms with Gasteiger partial charge in [0, 0.05) is 12.1 Å². The molecule has 6 rings (SSSR count). The Morgan fingerprint density at radius 1 is 0.757 bits per heavy atom. The number of hydroxylamine groups is 1. The van der Waals surface area contributed by atoms with Crippen LogP contribution >= 0.6 is 0 Å². The van der Waals surface area contributed by atoms with Crippen molar-refractivity contribution in [1.82, 2.24) is 0 Å². The summed E-state index contributed by atoms with van der Waals surface area (Å²) in [6, 6.07) is 32.8. The summed E-state index contributed by atoms with van der Waals surface area (Å²) in [5.74, 6) is -1.07. The molecule has 8 nitrogen and oxygen atoms in total. The summed E-state index contributed by atoms with van der Waals surface area (Å²) in [6.07, 6.45) is -1.19. The van der Waals surface area contributed by atoms with E-state index in [1.165, 1.54) is 24.3 Å². The lowest BCUT2D eigenvalue weighted by Crippen LogP contribution is -2.46. The molecule has 182 valence electrons. The van der Waals surface area contributed by atoms with Gasteiger partial charge < -0.3 is 0 Å². The number of non-ortho nitro benzene ring substituents is 1. The molecule has 0 aliphatic carbocycles. The smallest absolute Gasteiger partial charge is 0.271 e. The third kappa shape index (κ3) is 3.34. The van der Waals surface area contributed by atoms with Gasteiger partial charge in [0.1, 0.15) is 11.5 Å². The number of fused-ring (bicyclic) bond motifs is 1. The number of anilines is 2. The van der Waals surface area contributed by atoms with E-state index in [0.29, 0.717) is 11.3 Å². The molecule has 0 saturated carbocycles. The van der Waals surface area contributed by atoms with Crippen LogP contribution in [-0.4, -0.2) is 22.8 Å². The lowest BCUT2D eigenvalue weighted by molar-refractivity contribution is -0.384. The molecule has 3 atom stereocenters. The monoisotopic (exact) mass is 491 g/mol. The lowest BCUT2D eigenvalue weighted by atomic mass is 9.69. The van der Waals surface area contributed by atoms with Crippen LogP contribution in [-0.2, 0) is 19.8 Å². The molecule has 0 N–H and O–H groups in total. The number of nitrogens with zero attached hydrogens (tertiary/aromatic N) is 3. The number of hydrogen-bond acceptors (Lipinski definition) is 6. The highest BCUT2D eigenvalue weighted by Gasteiger charge is 2.72. The van der Waals surface area contributed by atoms with Crippen molar-refractivity contribution in [3.8, 4) is 0 Å². The van der Waals surface area contributed by atoms with Crippen molar-refractivity contribution in [3.05, 3.63) is 137 Å². The number of nitro benzene ring substituents is 1. The van der Waals surface area contributed by atoms with Gasteiger partial charge in [-0.3, -0.25) is 24.5 Å². The molecule has 0 bridgehead atoms.